The maximum Gasteiger partial charge on any atom is 0.341 e. The van der Waals surface area contributed by atoms with E-state index in [-0.39, 0.29) is 22.3 Å². The molecular weight excluding hydrogens is 401 g/mol. The van der Waals surface area contributed by atoms with E-state index in [9.17, 15) is 14.4 Å². The Morgan fingerprint density at radius 3 is 2.69 bits per heavy atom. The zero-order chi connectivity index (χ0) is 19.0. The summed E-state index contributed by atoms with van der Waals surface area (Å²) in [6, 6.07) is 2.67. The van der Waals surface area contributed by atoms with Crippen molar-refractivity contribution in [3.8, 4) is 0 Å². The largest absolute Gasteiger partial charge is 0.477 e. The Balaban J connectivity index is 2.02. The molecule has 7 nitrogen and oxygen atoms in total. The lowest BCUT2D eigenvalue weighted by Crippen LogP contribution is -2.24. The number of thiazole rings is 1. The molecule has 0 aliphatic rings. The fourth-order valence-electron chi connectivity index (χ4n) is 2.42. The number of fused-ring (bicyclic) bond motifs is 1. The molecule has 0 atom stereocenters. The van der Waals surface area contributed by atoms with Crippen LogP contribution in [0.1, 0.15) is 31.4 Å². The van der Waals surface area contributed by atoms with Gasteiger partial charge in [0.15, 0.2) is 0 Å². The topological polar surface area (TPSA) is 112 Å². The second-order valence-electron chi connectivity index (χ2n) is 5.37. The first-order valence-electron chi connectivity index (χ1n) is 7.25. The van der Waals surface area contributed by atoms with Crippen molar-refractivity contribution in [1.29, 1.82) is 0 Å². The third-order valence-corrected chi connectivity index (χ3v) is 5.24. The van der Waals surface area contributed by atoms with Crippen LogP contribution in [-0.2, 0) is 6.54 Å². The first-order chi connectivity index (χ1) is 12.3. The number of H-pyrrole nitrogens is 1. The van der Waals surface area contributed by atoms with Crippen LogP contribution in [0, 0.1) is 6.92 Å². The number of rotatable bonds is 4. The normalized spacial score (nSPS) is 10.9. The number of aromatic carboxylic acids is 1. The molecule has 0 bridgehead atoms. The number of hydrogen-bond acceptors (Lipinski definition) is 5. The van der Waals surface area contributed by atoms with Crippen LogP contribution in [0.5, 0.6) is 0 Å². The van der Waals surface area contributed by atoms with Crippen molar-refractivity contribution < 1.29 is 14.7 Å². The predicted octanol–water partition coefficient (Wildman–Crippen LogP) is 3.23. The molecule has 0 radical (unpaired) electrons. The monoisotopic (exact) mass is 411 g/mol. The van der Waals surface area contributed by atoms with E-state index in [2.05, 4.69) is 15.3 Å². The molecule has 3 aromatic rings. The zero-order valence-electron chi connectivity index (χ0n) is 13.2. The number of nitrogens with zero attached hydrogens (tertiary/aromatic N) is 1. The number of carbonyl (C=O) groups excluding carboxylic acids is 1. The Kier molecular flexibility index (Phi) is 4.99. The van der Waals surface area contributed by atoms with Gasteiger partial charge in [-0.2, -0.15) is 0 Å². The molecule has 0 unspecified atom stereocenters. The molecule has 1 amide bonds. The molecule has 10 heteroatoms. The maximum absolute atomic E-state index is 12.2. The first kappa shape index (κ1) is 18.4. The average Bonchev–Trinajstić information content (AvgIpc) is 3.01. The van der Waals surface area contributed by atoms with Crippen molar-refractivity contribution in [2.45, 2.75) is 13.5 Å². The lowest BCUT2D eigenvalue weighted by Gasteiger charge is -2.12. The van der Waals surface area contributed by atoms with Crippen molar-refractivity contribution in [3.05, 3.63) is 59.7 Å². The number of pyridine rings is 1. The number of nitrogens with one attached hydrogen (secondary N) is 2. The molecule has 0 aliphatic heterocycles. The zero-order valence-corrected chi connectivity index (χ0v) is 15.6. The van der Waals surface area contributed by atoms with E-state index in [1.54, 1.807) is 12.3 Å². The van der Waals surface area contributed by atoms with Crippen LogP contribution < -0.4 is 10.9 Å². The fourth-order valence-corrected chi connectivity index (χ4v) is 3.46. The van der Waals surface area contributed by atoms with Gasteiger partial charge in [0.2, 0.25) is 0 Å². The van der Waals surface area contributed by atoms with Gasteiger partial charge in [-0.05, 0) is 19.1 Å². The van der Waals surface area contributed by atoms with Gasteiger partial charge in [0.1, 0.15) is 11.3 Å². The molecule has 0 spiro atoms. The number of aromatic amines is 1. The minimum absolute atomic E-state index is 0.0202. The van der Waals surface area contributed by atoms with Crippen molar-refractivity contribution in [3.63, 3.8) is 0 Å². The van der Waals surface area contributed by atoms with Crippen molar-refractivity contribution in [2.75, 3.05) is 0 Å². The molecular formula is C16H11Cl2N3O4S. The second kappa shape index (κ2) is 7.06. The Morgan fingerprint density at radius 1 is 1.35 bits per heavy atom. The minimum atomic E-state index is -1.35. The number of carbonyl (C=O) groups is 2. The number of aryl methyl sites for hydroxylation is 1. The highest BCUT2D eigenvalue weighted by Crippen LogP contribution is 2.32. The van der Waals surface area contributed by atoms with Gasteiger partial charge in [-0.25, -0.2) is 9.78 Å². The Labute approximate surface area is 160 Å². The molecule has 0 saturated carbocycles. The Bertz CT molecular complexity index is 1110. The van der Waals surface area contributed by atoms with Crippen LogP contribution >= 0.6 is 34.5 Å². The van der Waals surface area contributed by atoms with E-state index in [1.165, 1.54) is 23.5 Å². The standard InChI is InChI=1S/C16H11Cl2N3O4S/c1-6-20-11(5-26-6)15(23)19-4-9-12(18)10(17)3-7-2-8(16(24)25)14(22)21-13(7)9/h2-3,5H,4H2,1H3,(H,19,23)(H,21,22)(H,24,25). The van der Waals surface area contributed by atoms with Crippen LogP contribution in [-0.4, -0.2) is 27.0 Å². The third-order valence-electron chi connectivity index (χ3n) is 3.64. The Morgan fingerprint density at radius 2 is 2.08 bits per heavy atom. The van der Waals surface area contributed by atoms with Gasteiger partial charge in [0, 0.05) is 22.9 Å². The number of amides is 1. The molecule has 2 aromatic heterocycles. The van der Waals surface area contributed by atoms with E-state index in [0.29, 0.717) is 16.5 Å². The summed E-state index contributed by atoms with van der Waals surface area (Å²) in [4.78, 5) is 41.9. The van der Waals surface area contributed by atoms with E-state index in [0.717, 1.165) is 5.01 Å². The van der Waals surface area contributed by atoms with E-state index in [4.69, 9.17) is 28.3 Å². The van der Waals surface area contributed by atoms with Gasteiger partial charge in [0.05, 0.1) is 20.6 Å². The SMILES string of the molecule is Cc1nc(C(=O)NCc2c(Cl)c(Cl)cc3cc(C(=O)O)c(=O)[nH]c23)cs1. The van der Waals surface area contributed by atoms with Crippen LogP contribution in [0.15, 0.2) is 22.3 Å². The highest BCUT2D eigenvalue weighted by Gasteiger charge is 2.17. The number of benzene rings is 1. The number of hydrogen-bond donors (Lipinski definition) is 3. The molecule has 2 heterocycles. The minimum Gasteiger partial charge on any atom is -0.477 e. The van der Waals surface area contributed by atoms with Crippen molar-refractivity contribution >= 4 is 57.3 Å². The quantitative estimate of drug-likeness (QED) is 0.609. The van der Waals surface area contributed by atoms with Gasteiger partial charge in [-0.1, -0.05) is 23.2 Å². The number of carboxylic acid groups (broad SMARTS) is 1. The van der Waals surface area contributed by atoms with E-state index < -0.39 is 23.0 Å². The summed E-state index contributed by atoms with van der Waals surface area (Å²) in [6.07, 6.45) is 0. The molecule has 1 aromatic carbocycles. The smallest absolute Gasteiger partial charge is 0.341 e. The molecule has 3 rings (SSSR count). The number of halogens is 2. The molecule has 134 valence electrons. The molecule has 3 N–H and O–H groups in total. The van der Waals surface area contributed by atoms with Gasteiger partial charge in [-0.15, -0.1) is 11.3 Å². The van der Waals surface area contributed by atoms with Crippen LogP contribution in [0.25, 0.3) is 10.9 Å². The van der Waals surface area contributed by atoms with Gasteiger partial charge in [-0.3, -0.25) is 9.59 Å². The van der Waals surface area contributed by atoms with Crippen LogP contribution in [0.4, 0.5) is 0 Å². The van der Waals surface area contributed by atoms with Crippen LogP contribution in [0.2, 0.25) is 10.0 Å². The fraction of sp³-hybridized carbons (Fsp3) is 0.125. The van der Waals surface area contributed by atoms with Gasteiger partial charge in [0.25, 0.3) is 11.5 Å². The van der Waals surface area contributed by atoms with Crippen molar-refractivity contribution in [1.82, 2.24) is 15.3 Å². The molecule has 0 aliphatic carbocycles. The summed E-state index contributed by atoms with van der Waals surface area (Å²) in [5.74, 6) is -1.75. The summed E-state index contributed by atoms with van der Waals surface area (Å²) in [5.41, 5.74) is -0.223. The van der Waals surface area contributed by atoms with Crippen molar-refractivity contribution in [2.24, 2.45) is 0 Å². The first-order valence-corrected chi connectivity index (χ1v) is 8.89. The number of aromatic nitrogens is 2. The maximum atomic E-state index is 12.2. The summed E-state index contributed by atoms with van der Waals surface area (Å²) in [6.45, 7) is 1.77. The summed E-state index contributed by atoms with van der Waals surface area (Å²) >= 11 is 13.7. The highest BCUT2D eigenvalue weighted by molar-refractivity contribution is 7.09. The summed E-state index contributed by atoms with van der Waals surface area (Å²) < 4.78 is 0. The molecule has 0 saturated heterocycles. The summed E-state index contributed by atoms with van der Waals surface area (Å²) in [7, 11) is 0. The van der Waals surface area contributed by atoms with E-state index in [1.807, 2.05) is 0 Å². The lowest BCUT2D eigenvalue weighted by molar-refractivity contribution is 0.0695. The average molecular weight is 412 g/mol. The number of carboxylic acids is 1. The Hall–Kier alpha value is -2.42. The van der Waals surface area contributed by atoms with Crippen LogP contribution in [0.3, 0.4) is 0 Å². The predicted molar refractivity (Wildman–Crippen MR) is 99.6 cm³/mol. The second-order valence-corrected chi connectivity index (χ2v) is 7.21. The lowest BCUT2D eigenvalue weighted by atomic mass is 10.1. The third kappa shape index (κ3) is 3.44. The molecule has 26 heavy (non-hydrogen) atoms. The highest BCUT2D eigenvalue weighted by atomic mass is 35.5. The van der Waals surface area contributed by atoms with E-state index >= 15 is 0 Å². The summed E-state index contributed by atoms with van der Waals surface area (Å²) in [5, 5.41) is 14.9. The van der Waals surface area contributed by atoms with Gasteiger partial charge < -0.3 is 15.4 Å². The molecule has 0 fully saturated rings. The van der Waals surface area contributed by atoms with Gasteiger partial charge >= 0.3 is 5.97 Å².